The van der Waals surface area contributed by atoms with Gasteiger partial charge in [0.2, 0.25) is 5.91 Å². The maximum absolute atomic E-state index is 12.8. The minimum absolute atomic E-state index is 0.125. The molecule has 2 aromatic carbocycles. The maximum Gasteiger partial charge on any atom is 0.325 e. The van der Waals surface area contributed by atoms with Crippen LogP contribution in [0, 0.1) is 13.8 Å². The van der Waals surface area contributed by atoms with Crippen LogP contribution in [-0.4, -0.2) is 42.9 Å². The van der Waals surface area contributed by atoms with Crippen molar-refractivity contribution in [3.05, 3.63) is 59.2 Å². The fraction of sp³-hybridized carbons (Fsp3) is 0.304. The Morgan fingerprint density at radius 2 is 1.87 bits per heavy atom. The first-order valence-electron chi connectivity index (χ1n) is 9.98. The fourth-order valence-electron chi connectivity index (χ4n) is 3.37. The molecule has 162 valence electrons. The summed E-state index contributed by atoms with van der Waals surface area (Å²) in [4.78, 5) is 50.5. The SMILES string of the molecule is Cc1ccc(C(=O)NCC(=O)OCC(=O)N2c3ccccc3NC(=O)CC2C)cc1C. The zero-order valence-electron chi connectivity index (χ0n) is 17.7. The van der Waals surface area contributed by atoms with Crippen molar-refractivity contribution in [1.82, 2.24) is 5.32 Å². The maximum atomic E-state index is 12.8. The highest BCUT2D eigenvalue weighted by Crippen LogP contribution is 2.31. The summed E-state index contributed by atoms with van der Waals surface area (Å²) in [5, 5.41) is 5.27. The fourth-order valence-corrected chi connectivity index (χ4v) is 3.37. The number of nitrogens with zero attached hydrogens (tertiary/aromatic N) is 1. The highest BCUT2D eigenvalue weighted by molar-refractivity contribution is 6.05. The molecule has 31 heavy (non-hydrogen) atoms. The van der Waals surface area contributed by atoms with Crippen molar-refractivity contribution in [1.29, 1.82) is 0 Å². The number of carbonyl (C=O) groups is 4. The van der Waals surface area contributed by atoms with Gasteiger partial charge in [0.25, 0.3) is 11.8 Å². The summed E-state index contributed by atoms with van der Waals surface area (Å²) in [6.07, 6.45) is 0.125. The largest absolute Gasteiger partial charge is 0.454 e. The third-order valence-corrected chi connectivity index (χ3v) is 5.15. The predicted octanol–water partition coefficient (Wildman–Crippen LogP) is 2.34. The van der Waals surface area contributed by atoms with E-state index in [1.54, 1.807) is 43.3 Å². The Balaban J connectivity index is 1.57. The molecule has 0 radical (unpaired) electrons. The third-order valence-electron chi connectivity index (χ3n) is 5.15. The molecule has 0 saturated heterocycles. The Labute approximate surface area is 180 Å². The Kier molecular flexibility index (Phi) is 6.69. The number of ether oxygens (including phenoxy) is 1. The number of nitrogens with one attached hydrogen (secondary N) is 2. The summed E-state index contributed by atoms with van der Waals surface area (Å²) in [5.41, 5.74) is 3.55. The van der Waals surface area contributed by atoms with Crippen LogP contribution in [0.5, 0.6) is 0 Å². The van der Waals surface area contributed by atoms with Gasteiger partial charge in [-0.15, -0.1) is 0 Å². The van der Waals surface area contributed by atoms with Gasteiger partial charge in [-0.1, -0.05) is 18.2 Å². The molecule has 3 rings (SSSR count). The molecule has 3 amide bonds. The van der Waals surface area contributed by atoms with E-state index in [1.807, 2.05) is 19.9 Å². The lowest BCUT2D eigenvalue weighted by molar-refractivity contribution is -0.146. The normalized spacial score (nSPS) is 15.4. The van der Waals surface area contributed by atoms with Crippen molar-refractivity contribution in [2.45, 2.75) is 33.2 Å². The van der Waals surface area contributed by atoms with Crippen molar-refractivity contribution in [2.75, 3.05) is 23.4 Å². The van der Waals surface area contributed by atoms with Crippen LogP contribution in [0.3, 0.4) is 0 Å². The Morgan fingerprint density at radius 1 is 1.13 bits per heavy atom. The summed E-state index contributed by atoms with van der Waals surface area (Å²) in [6.45, 7) is 4.75. The van der Waals surface area contributed by atoms with Gasteiger partial charge < -0.3 is 20.3 Å². The molecule has 1 aliphatic heterocycles. The number of aryl methyl sites for hydroxylation is 2. The topological polar surface area (TPSA) is 105 Å². The Bertz CT molecular complexity index is 1030. The van der Waals surface area contributed by atoms with Gasteiger partial charge in [0.15, 0.2) is 6.61 Å². The molecule has 2 aromatic rings. The number of hydrogen-bond acceptors (Lipinski definition) is 5. The van der Waals surface area contributed by atoms with Gasteiger partial charge in [-0.3, -0.25) is 19.2 Å². The lowest BCUT2D eigenvalue weighted by atomic mass is 10.1. The molecule has 2 N–H and O–H groups in total. The molecule has 8 heteroatoms. The zero-order valence-corrected chi connectivity index (χ0v) is 17.7. The average molecular weight is 423 g/mol. The lowest BCUT2D eigenvalue weighted by Gasteiger charge is -2.27. The van der Waals surface area contributed by atoms with E-state index in [4.69, 9.17) is 4.74 Å². The van der Waals surface area contributed by atoms with E-state index in [2.05, 4.69) is 10.6 Å². The second-order valence-electron chi connectivity index (χ2n) is 7.52. The van der Waals surface area contributed by atoms with E-state index >= 15 is 0 Å². The van der Waals surface area contributed by atoms with Gasteiger partial charge in [0, 0.05) is 18.0 Å². The molecule has 0 aromatic heterocycles. The molecule has 1 atom stereocenters. The van der Waals surface area contributed by atoms with Crippen LogP contribution >= 0.6 is 0 Å². The first kappa shape index (κ1) is 22.0. The predicted molar refractivity (Wildman–Crippen MR) is 116 cm³/mol. The minimum Gasteiger partial charge on any atom is -0.454 e. The summed E-state index contributed by atoms with van der Waals surface area (Å²) in [7, 11) is 0. The number of carbonyl (C=O) groups excluding carboxylic acids is 4. The average Bonchev–Trinajstić information content (AvgIpc) is 2.86. The number of anilines is 2. The quantitative estimate of drug-likeness (QED) is 0.719. The highest BCUT2D eigenvalue weighted by atomic mass is 16.5. The first-order chi connectivity index (χ1) is 14.8. The second kappa shape index (κ2) is 9.42. The number of fused-ring (bicyclic) bond motifs is 1. The van der Waals surface area contributed by atoms with E-state index in [-0.39, 0.29) is 18.9 Å². The lowest BCUT2D eigenvalue weighted by Crippen LogP contribution is -2.42. The van der Waals surface area contributed by atoms with E-state index in [0.717, 1.165) is 11.1 Å². The number of hydrogen-bond donors (Lipinski definition) is 2. The van der Waals surface area contributed by atoms with Crippen LogP contribution in [0.4, 0.5) is 11.4 Å². The molecule has 0 aliphatic carbocycles. The van der Waals surface area contributed by atoms with Gasteiger partial charge in [0.1, 0.15) is 6.54 Å². The molecule has 1 unspecified atom stereocenters. The van der Waals surface area contributed by atoms with Gasteiger partial charge in [-0.25, -0.2) is 0 Å². The smallest absolute Gasteiger partial charge is 0.325 e. The van der Waals surface area contributed by atoms with E-state index in [9.17, 15) is 19.2 Å². The summed E-state index contributed by atoms with van der Waals surface area (Å²) < 4.78 is 5.07. The number of esters is 1. The first-order valence-corrected chi connectivity index (χ1v) is 9.98. The summed E-state index contributed by atoms with van der Waals surface area (Å²) >= 11 is 0. The highest BCUT2D eigenvalue weighted by Gasteiger charge is 2.30. The monoisotopic (exact) mass is 423 g/mol. The van der Waals surface area contributed by atoms with Crippen LogP contribution in [0.25, 0.3) is 0 Å². The van der Waals surface area contributed by atoms with Crippen molar-refractivity contribution >= 4 is 35.1 Å². The van der Waals surface area contributed by atoms with E-state index < -0.39 is 30.4 Å². The van der Waals surface area contributed by atoms with Crippen LogP contribution in [0.15, 0.2) is 42.5 Å². The number of amides is 3. The van der Waals surface area contributed by atoms with E-state index in [1.165, 1.54) is 4.90 Å². The second-order valence-corrected chi connectivity index (χ2v) is 7.52. The van der Waals surface area contributed by atoms with Crippen molar-refractivity contribution in [3.8, 4) is 0 Å². The summed E-state index contributed by atoms with van der Waals surface area (Å²) in [6, 6.07) is 11.8. The molecule has 1 aliphatic rings. The van der Waals surface area contributed by atoms with Gasteiger partial charge in [-0.05, 0) is 56.2 Å². The number of benzene rings is 2. The van der Waals surface area contributed by atoms with Crippen LogP contribution in [0.2, 0.25) is 0 Å². The Hall–Kier alpha value is -3.68. The molecule has 0 spiro atoms. The minimum atomic E-state index is -0.726. The third kappa shape index (κ3) is 5.28. The molecule has 1 heterocycles. The number of rotatable bonds is 5. The van der Waals surface area contributed by atoms with Crippen molar-refractivity contribution in [2.24, 2.45) is 0 Å². The zero-order chi connectivity index (χ0) is 22.5. The number of para-hydroxylation sites is 2. The van der Waals surface area contributed by atoms with Crippen LogP contribution < -0.4 is 15.5 Å². The summed E-state index contributed by atoms with van der Waals surface area (Å²) in [5.74, 6) is -1.77. The molecular weight excluding hydrogens is 398 g/mol. The van der Waals surface area contributed by atoms with Crippen molar-refractivity contribution < 1.29 is 23.9 Å². The van der Waals surface area contributed by atoms with Gasteiger partial charge in [-0.2, -0.15) is 0 Å². The van der Waals surface area contributed by atoms with Crippen molar-refractivity contribution in [3.63, 3.8) is 0 Å². The molecular formula is C23H25N3O5. The molecule has 0 fully saturated rings. The standard InChI is InChI=1S/C23H25N3O5/c1-14-8-9-17(10-15(14)2)23(30)24-12-22(29)31-13-21(28)26-16(3)11-20(27)25-18-6-4-5-7-19(18)26/h4-10,16H,11-13H2,1-3H3,(H,24,30)(H,25,27). The Morgan fingerprint density at radius 3 is 2.61 bits per heavy atom. The molecule has 0 saturated carbocycles. The molecule has 8 nitrogen and oxygen atoms in total. The van der Waals surface area contributed by atoms with Gasteiger partial charge in [0.05, 0.1) is 11.4 Å². The van der Waals surface area contributed by atoms with Gasteiger partial charge >= 0.3 is 5.97 Å². The van der Waals surface area contributed by atoms with Crippen LogP contribution in [0.1, 0.15) is 34.8 Å². The molecule has 0 bridgehead atoms. The van der Waals surface area contributed by atoms with E-state index in [0.29, 0.717) is 16.9 Å². The van der Waals surface area contributed by atoms with Crippen LogP contribution in [-0.2, 0) is 19.1 Å².